The van der Waals surface area contributed by atoms with Crippen molar-refractivity contribution >= 4 is 15.9 Å². The van der Waals surface area contributed by atoms with Gasteiger partial charge < -0.3 is 10.5 Å². The van der Waals surface area contributed by atoms with Gasteiger partial charge in [0.2, 0.25) is 0 Å². The lowest BCUT2D eigenvalue weighted by atomic mass is 9.83. The summed E-state index contributed by atoms with van der Waals surface area (Å²) in [5.41, 5.74) is 8.58. The van der Waals surface area contributed by atoms with E-state index in [1.807, 2.05) is 11.7 Å². The van der Waals surface area contributed by atoms with Gasteiger partial charge in [0.15, 0.2) is 0 Å². The second-order valence-corrected chi connectivity index (χ2v) is 6.87. The third-order valence-corrected chi connectivity index (χ3v) is 4.34. The average molecular weight is 332 g/mol. The Kier molecular flexibility index (Phi) is 5.59. The van der Waals surface area contributed by atoms with Crippen LogP contribution >= 0.6 is 15.9 Å². The van der Waals surface area contributed by atoms with E-state index in [-0.39, 0.29) is 17.6 Å². The van der Waals surface area contributed by atoms with Gasteiger partial charge in [-0.25, -0.2) is 0 Å². The highest BCUT2D eigenvalue weighted by Gasteiger charge is 2.31. The highest BCUT2D eigenvalue weighted by atomic mass is 79.9. The van der Waals surface area contributed by atoms with Crippen LogP contribution in [0, 0.1) is 5.41 Å². The molecule has 1 aromatic heterocycles. The van der Waals surface area contributed by atoms with Crippen LogP contribution in [0.1, 0.15) is 39.1 Å². The second-order valence-electron chi connectivity index (χ2n) is 6.07. The fourth-order valence-electron chi connectivity index (χ4n) is 2.54. The molecule has 0 aliphatic carbocycles. The SMILES string of the molecule is CCc1nn(C)c(CC(N)C(OC)C(C)(C)C)c1Br. The Bertz CT molecular complexity index is 423. The molecule has 0 amide bonds. The first kappa shape index (κ1) is 16.7. The second kappa shape index (κ2) is 6.37. The van der Waals surface area contributed by atoms with Gasteiger partial charge in [-0.3, -0.25) is 4.68 Å². The quantitative estimate of drug-likeness (QED) is 0.902. The minimum atomic E-state index is -0.0543. The molecule has 0 aromatic carbocycles. The van der Waals surface area contributed by atoms with Gasteiger partial charge in [0.25, 0.3) is 0 Å². The summed E-state index contributed by atoms with van der Waals surface area (Å²) in [7, 11) is 3.69. The highest BCUT2D eigenvalue weighted by molar-refractivity contribution is 9.10. The third kappa shape index (κ3) is 3.80. The van der Waals surface area contributed by atoms with Crippen molar-refractivity contribution < 1.29 is 4.74 Å². The van der Waals surface area contributed by atoms with E-state index in [4.69, 9.17) is 10.5 Å². The zero-order valence-corrected chi connectivity index (χ0v) is 14.4. The lowest BCUT2D eigenvalue weighted by Gasteiger charge is -2.34. The fraction of sp³-hybridized carbons (Fsp3) is 0.786. The standard InChI is InChI=1S/C14H26BrN3O/c1-7-10-12(15)11(18(5)17-10)8-9(16)13(19-6)14(2,3)4/h9,13H,7-8,16H2,1-6H3. The molecular weight excluding hydrogens is 306 g/mol. The monoisotopic (exact) mass is 331 g/mol. The topological polar surface area (TPSA) is 53.1 Å². The largest absolute Gasteiger partial charge is 0.379 e. The molecule has 0 bridgehead atoms. The van der Waals surface area contributed by atoms with E-state index < -0.39 is 0 Å². The molecule has 0 saturated carbocycles. The molecule has 0 spiro atoms. The van der Waals surface area contributed by atoms with Gasteiger partial charge in [-0.2, -0.15) is 5.10 Å². The van der Waals surface area contributed by atoms with Crippen molar-refractivity contribution in [3.63, 3.8) is 0 Å². The average Bonchev–Trinajstić information content (AvgIpc) is 2.55. The maximum atomic E-state index is 6.35. The summed E-state index contributed by atoms with van der Waals surface area (Å²) in [5, 5.41) is 4.50. The zero-order chi connectivity index (χ0) is 14.8. The zero-order valence-electron chi connectivity index (χ0n) is 12.8. The van der Waals surface area contributed by atoms with Crippen molar-refractivity contribution in [3.8, 4) is 0 Å². The van der Waals surface area contributed by atoms with Crippen LogP contribution in [0.2, 0.25) is 0 Å². The maximum absolute atomic E-state index is 6.35. The Hall–Kier alpha value is -0.390. The Morgan fingerprint density at radius 1 is 1.42 bits per heavy atom. The summed E-state index contributed by atoms with van der Waals surface area (Å²) >= 11 is 3.63. The number of nitrogens with zero attached hydrogens (tertiary/aromatic N) is 2. The first-order valence-electron chi connectivity index (χ1n) is 6.71. The third-order valence-electron chi connectivity index (χ3n) is 3.43. The van der Waals surface area contributed by atoms with Gasteiger partial charge in [-0.1, -0.05) is 27.7 Å². The number of nitrogens with two attached hydrogens (primary N) is 1. The predicted octanol–water partition coefficient (Wildman–Crippen LogP) is 2.68. The normalized spacial score (nSPS) is 15.6. The molecule has 19 heavy (non-hydrogen) atoms. The molecule has 0 aliphatic rings. The van der Waals surface area contributed by atoms with Crippen molar-refractivity contribution in [2.45, 2.75) is 52.7 Å². The molecule has 1 aromatic rings. The van der Waals surface area contributed by atoms with Crippen molar-refractivity contribution in [2.24, 2.45) is 18.2 Å². The number of aryl methyl sites for hydroxylation is 2. The minimum Gasteiger partial charge on any atom is -0.379 e. The Balaban J connectivity index is 2.93. The molecule has 1 rings (SSSR count). The highest BCUT2D eigenvalue weighted by Crippen LogP contribution is 2.28. The number of rotatable bonds is 5. The lowest BCUT2D eigenvalue weighted by molar-refractivity contribution is -0.00204. The number of ether oxygens (including phenoxy) is 1. The van der Waals surface area contributed by atoms with Crippen LogP contribution in [-0.4, -0.2) is 29.0 Å². The molecule has 0 aliphatic heterocycles. The molecular formula is C14H26BrN3O. The summed E-state index contributed by atoms with van der Waals surface area (Å²) in [5.74, 6) is 0. The number of aromatic nitrogens is 2. The van der Waals surface area contributed by atoms with E-state index in [0.717, 1.165) is 28.7 Å². The molecule has 4 nitrogen and oxygen atoms in total. The number of methoxy groups -OCH3 is 1. The number of hydrogen-bond donors (Lipinski definition) is 1. The lowest BCUT2D eigenvalue weighted by Crippen LogP contribution is -2.46. The van der Waals surface area contributed by atoms with Crippen molar-refractivity contribution in [1.82, 2.24) is 9.78 Å². The van der Waals surface area contributed by atoms with E-state index >= 15 is 0 Å². The van der Waals surface area contributed by atoms with Crippen LogP contribution in [0.15, 0.2) is 4.47 Å². The van der Waals surface area contributed by atoms with Crippen LogP contribution in [0.3, 0.4) is 0 Å². The summed E-state index contributed by atoms with van der Waals surface area (Å²) in [4.78, 5) is 0. The van der Waals surface area contributed by atoms with Crippen molar-refractivity contribution in [2.75, 3.05) is 7.11 Å². The fourth-order valence-corrected chi connectivity index (χ4v) is 3.32. The van der Waals surface area contributed by atoms with Crippen molar-refractivity contribution in [3.05, 3.63) is 15.9 Å². The maximum Gasteiger partial charge on any atom is 0.0774 e. The molecule has 1 heterocycles. The first-order valence-corrected chi connectivity index (χ1v) is 7.50. The molecule has 2 unspecified atom stereocenters. The Morgan fingerprint density at radius 2 is 2.00 bits per heavy atom. The van der Waals surface area contributed by atoms with Gasteiger partial charge in [0, 0.05) is 26.6 Å². The van der Waals surface area contributed by atoms with Gasteiger partial charge >= 0.3 is 0 Å². The summed E-state index contributed by atoms with van der Waals surface area (Å²) in [6.45, 7) is 8.55. The Morgan fingerprint density at radius 3 is 2.37 bits per heavy atom. The van der Waals surface area contributed by atoms with E-state index in [2.05, 4.69) is 48.7 Å². The summed E-state index contributed by atoms with van der Waals surface area (Å²) < 4.78 is 8.59. The molecule has 0 radical (unpaired) electrons. The van der Waals surface area contributed by atoms with Crippen LogP contribution in [0.4, 0.5) is 0 Å². The number of halogens is 1. The van der Waals surface area contributed by atoms with Crippen molar-refractivity contribution in [1.29, 1.82) is 0 Å². The van der Waals surface area contributed by atoms with Gasteiger partial charge in [0.1, 0.15) is 0 Å². The molecule has 2 atom stereocenters. The molecule has 5 heteroatoms. The van der Waals surface area contributed by atoms with Crippen LogP contribution in [0.25, 0.3) is 0 Å². The summed E-state index contributed by atoms with van der Waals surface area (Å²) in [6.07, 6.45) is 1.68. The predicted molar refractivity (Wildman–Crippen MR) is 82.2 cm³/mol. The van der Waals surface area contributed by atoms with Gasteiger partial charge in [-0.15, -0.1) is 0 Å². The number of hydrogen-bond acceptors (Lipinski definition) is 3. The minimum absolute atomic E-state index is 0.0133. The van der Waals surface area contributed by atoms with Crippen LogP contribution in [0.5, 0.6) is 0 Å². The van der Waals surface area contributed by atoms with E-state index in [1.54, 1.807) is 7.11 Å². The molecule has 2 N–H and O–H groups in total. The summed E-state index contributed by atoms with van der Waals surface area (Å²) in [6, 6.07) is -0.0543. The molecule has 110 valence electrons. The smallest absolute Gasteiger partial charge is 0.0774 e. The first-order chi connectivity index (χ1) is 8.72. The van der Waals surface area contributed by atoms with Crippen LogP contribution in [-0.2, 0) is 24.6 Å². The van der Waals surface area contributed by atoms with Gasteiger partial charge in [-0.05, 0) is 27.8 Å². The van der Waals surface area contributed by atoms with E-state index in [0.29, 0.717) is 0 Å². The molecule has 0 saturated heterocycles. The van der Waals surface area contributed by atoms with E-state index in [1.165, 1.54) is 0 Å². The Labute approximate surface area is 124 Å². The van der Waals surface area contributed by atoms with E-state index in [9.17, 15) is 0 Å². The van der Waals surface area contributed by atoms with Gasteiger partial charge in [0.05, 0.1) is 22.0 Å². The molecule has 0 fully saturated rings. The van der Waals surface area contributed by atoms with Crippen LogP contribution < -0.4 is 5.73 Å².